The standard InChI is InChI=1S/C10H11F3N2O2/c1-15(2)14-6-3-4-8(10(11,12)13)7(5-6)9(16)17/h3-5,14H,1-2H3,(H,16,17). The summed E-state index contributed by atoms with van der Waals surface area (Å²) in [5.41, 5.74) is 1.03. The molecule has 17 heavy (non-hydrogen) atoms. The minimum Gasteiger partial charge on any atom is -0.478 e. The number of nitrogens with zero attached hydrogens (tertiary/aromatic N) is 1. The van der Waals surface area contributed by atoms with Gasteiger partial charge in [-0.3, -0.25) is 0 Å². The number of anilines is 1. The summed E-state index contributed by atoms with van der Waals surface area (Å²) in [5, 5.41) is 10.2. The largest absolute Gasteiger partial charge is 0.478 e. The predicted octanol–water partition coefficient (Wildman–Crippen LogP) is 2.29. The third-order valence-electron chi connectivity index (χ3n) is 1.91. The second-order valence-corrected chi connectivity index (χ2v) is 3.57. The third kappa shape index (κ3) is 3.35. The van der Waals surface area contributed by atoms with Gasteiger partial charge in [-0.25, -0.2) is 9.80 Å². The van der Waals surface area contributed by atoms with E-state index in [-0.39, 0.29) is 5.69 Å². The second kappa shape index (κ2) is 4.62. The van der Waals surface area contributed by atoms with Crippen molar-refractivity contribution in [1.82, 2.24) is 5.01 Å². The van der Waals surface area contributed by atoms with Crippen molar-refractivity contribution in [1.29, 1.82) is 0 Å². The predicted molar refractivity (Wildman–Crippen MR) is 55.7 cm³/mol. The topological polar surface area (TPSA) is 52.6 Å². The van der Waals surface area contributed by atoms with E-state index < -0.39 is 23.3 Å². The normalized spacial score (nSPS) is 11.6. The van der Waals surface area contributed by atoms with Crippen molar-refractivity contribution in [3.05, 3.63) is 29.3 Å². The van der Waals surface area contributed by atoms with Gasteiger partial charge in [0.25, 0.3) is 0 Å². The molecule has 0 bridgehead atoms. The number of alkyl halides is 3. The molecule has 0 amide bonds. The van der Waals surface area contributed by atoms with E-state index >= 15 is 0 Å². The first-order valence-electron chi connectivity index (χ1n) is 4.60. The van der Waals surface area contributed by atoms with Crippen molar-refractivity contribution in [2.45, 2.75) is 6.18 Å². The fourth-order valence-corrected chi connectivity index (χ4v) is 1.30. The molecule has 94 valence electrons. The van der Waals surface area contributed by atoms with Gasteiger partial charge in [-0.05, 0) is 18.2 Å². The summed E-state index contributed by atoms with van der Waals surface area (Å²) in [4.78, 5) is 10.8. The zero-order valence-corrected chi connectivity index (χ0v) is 9.17. The second-order valence-electron chi connectivity index (χ2n) is 3.57. The zero-order valence-electron chi connectivity index (χ0n) is 9.17. The molecule has 0 spiro atoms. The maximum absolute atomic E-state index is 12.5. The minimum absolute atomic E-state index is 0.278. The fourth-order valence-electron chi connectivity index (χ4n) is 1.30. The molecule has 2 N–H and O–H groups in total. The van der Waals surface area contributed by atoms with Crippen LogP contribution in [-0.4, -0.2) is 30.2 Å². The average Bonchev–Trinajstić information content (AvgIpc) is 2.14. The van der Waals surface area contributed by atoms with E-state index in [1.54, 1.807) is 14.1 Å². The van der Waals surface area contributed by atoms with E-state index in [1.807, 2.05) is 0 Å². The summed E-state index contributed by atoms with van der Waals surface area (Å²) >= 11 is 0. The van der Waals surface area contributed by atoms with E-state index in [0.717, 1.165) is 12.1 Å². The lowest BCUT2D eigenvalue weighted by atomic mass is 10.1. The summed E-state index contributed by atoms with van der Waals surface area (Å²) in [7, 11) is 3.27. The molecule has 0 heterocycles. The van der Waals surface area contributed by atoms with Crippen molar-refractivity contribution in [3.63, 3.8) is 0 Å². The summed E-state index contributed by atoms with van der Waals surface area (Å²) in [5.74, 6) is -1.61. The number of hydrogen-bond acceptors (Lipinski definition) is 3. The van der Waals surface area contributed by atoms with E-state index in [4.69, 9.17) is 5.11 Å². The lowest BCUT2D eigenvalue weighted by molar-refractivity contribution is -0.138. The molecular weight excluding hydrogens is 237 g/mol. The molecular formula is C10H11F3N2O2. The first kappa shape index (κ1) is 13.3. The summed E-state index contributed by atoms with van der Waals surface area (Å²) in [6, 6.07) is 2.87. The number of nitrogens with one attached hydrogen (secondary N) is 1. The van der Waals surface area contributed by atoms with Gasteiger partial charge >= 0.3 is 12.1 Å². The lowest BCUT2D eigenvalue weighted by Crippen LogP contribution is -2.20. The first-order valence-corrected chi connectivity index (χ1v) is 4.60. The highest BCUT2D eigenvalue weighted by Crippen LogP contribution is 2.33. The minimum atomic E-state index is -4.68. The highest BCUT2D eigenvalue weighted by molar-refractivity contribution is 5.90. The van der Waals surface area contributed by atoms with Crippen molar-refractivity contribution in [2.75, 3.05) is 19.5 Å². The average molecular weight is 248 g/mol. The van der Waals surface area contributed by atoms with Crippen molar-refractivity contribution in [2.24, 2.45) is 0 Å². The van der Waals surface area contributed by atoms with Gasteiger partial charge in [-0.15, -0.1) is 0 Å². The van der Waals surface area contributed by atoms with Gasteiger partial charge in [-0.1, -0.05) is 0 Å². The van der Waals surface area contributed by atoms with E-state index in [9.17, 15) is 18.0 Å². The molecule has 0 fully saturated rings. The number of carboxylic acid groups (broad SMARTS) is 1. The Kier molecular flexibility index (Phi) is 3.62. The number of carboxylic acids is 1. The Labute approximate surface area is 95.6 Å². The number of benzene rings is 1. The number of carbonyl (C=O) groups is 1. The smallest absolute Gasteiger partial charge is 0.417 e. The van der Waals surface area contributed by atoms with Crippen LogP contribution in [0.5, 0.6) is 0 Å². The summed E-state index contributed by atoms with van der Waals surface area (Å²) in [6.45, 7) is 0. The molecule has 0 saturated carbocycles. The summed E-state index contributed by atoms with van der Waals surface area (Å²) < 4.78 is 37.5. The van der Waals surface area contributed by atoms with Crippen LogP contribution in [0.2, 0.25) is 0 Å². The first-order chi connectivity index (χ1) is 7.71. The van der Waals surface area contributed by atoms with E-state index in [1.165, 1.54) is 11.1 Å². The molecule has 0 radical (unpaired) electrons. The zero-order chi connectivity index (χ0) is 13.2. The van der Waals surface area contributed by atoms with Gasteiger partial charge in [0, 0.05) is 19.8 Å². The lowest BCUT2D eigenvalue weighted by Gasteiger charge is -2.16. The fraction of sp³-hybridized carbons (Fsp3) is 0.300. The van der Waals surface area contributed by atoms with Crippen LogP contribution >= 0.6 is 0 Å². The Balaban J connectivity index is 3.23. The van der Waals surface area contributed by atoms with Crippen LogP contribution in [0.1, 0.15) is 15.9 Å². The van der Waals surface area contributed by atoms with Crippen LogP contribution in [0, 0.1) is 0 Å². The number of hydrazine groups is 1. The van der Waals surface area contributed by atoms with Gasteiger partial charge in [0.2, 0.25) is 0 Å². The van der Waals surface area contributed by atoms with Crippen molar-refractivity contribution in [3.8, 4) is 0 Å². The molecule has 0 aliphatic carbocycles. The van der Waals surface area contributed by atoms with Crippen LogP contribution in [0.15, 0.2) is 18.2 Å². The number of aromatic carboxylic acids is 1. The van der Waals surface area contributed by atoms with Crippen molar-refractivity contribution >= 4 is 11.7 Å². The van der Waals surface area contributed by atoms with Crippen LogP contribution < -0.4 is 5.43 Å². The number of hydrogen-bond donors (Lipinski definition) is 2. The Morgan fingerprint density at radius 1 is 1.35 bits per heavy atom. The quantitative estimate of drug-likeness (QED) is 0.806. The van der Waals surface area contributed by atoms with E-state index in [0.29, 0.717) is 0 Å². The van der Waals surface area contributed by atoms with Gasteiger partial charge < -0.3 is 10.5 Å². The van der Waals surface area contributed by atoms with Crippen LogP contribution in [0.3, 0.4) is 0 Å². The van der Waals surface area contributed by atoms with Crippen LogP contribution in [-0.2, 0) is 6.18 Å². The monoisotopic (exact) mass is 248 g/mol. The SMILES string of the molecule is CN(C)Nc1ccc(C(F)(F)F)c(C(=O)O)c1. The van der Waals surface area contributed by atoms with Gasteiger partial charge in [-0.2, -0.15) is 13.2 Å². The highest BCUT2D eigenvalue weighted by atomic mass is 19.4. The molecule has 7 heteroatoms. The Morgan fingerprint density at radius 2 is 1.94 bits per heavy atom. The highest BCUT2D eigenvalue weighted by Gasteiger charge is 2.35. The molecule has 0 aliphatic rings. The van der Waals surface area contributed by atoms with Gasteiger partial charge in [0.05, 0.1) is 11.1 Å². The molecule has 0 unspecified atom stereocenters. The Bertz CT molecular complexity index is 430. The van der Waals surface area contributed by atoms with Gasteiger partial charge in [0.1, 0.15) is 0 Å². The molecule has 0 aromatic heterocycles. The van der Waals surface area contributed by atoms with Crippen LogP contribution in [0.25, 0.3) is 0 Å². The maximum atomic E-state index is 12.5. The van der Waals surface area contributed by atoms with Gasteiger partial charge in [0.15, 0.2) is 0 Å². The van der Waals surface area contributed by atoms with Crippen LogP contribution in [0.4, 0.5) is 18.9 Å². The Hall–Kier alpha value is -1.76. The molecule has 4 nitrogen and oxygen atoms in total. The summed E-state index contributed by atoms with van der Waals surface area (Å²) in [6.07, 6.45) is -4.68. The van der Waals surface area contributed by atoms with E-state index in [2.05, 4.69) is 5.43 Å². The molecule has 1 aromatic carbocycles. The molecule has 1 rings (SSSR count). The third-order valence-corrected chi connectivity index (χ3v) is 1.91. The number of rotatable bonds is 3. The molecule has 1 aromatic rings. The molecule has 0 atom stereocenters. The number of halogens is 3. The molecule has 0 saturated heterocycles. The molecule has 0 aliphatic heterocycles. The maximum Gasteiger partial charge on any atom is 0.417 e. The Morgan fingerprint density at radius 3 is 2.35 bits per heavy atom. The van der Waals surface area contributed by atoms with Crippen molar-refractivity contribution < 1.29 is 23.1 Å².